The van der Waals surface area contributed by atoms with Crippen molar-refractivity contribution < 1.29 is 5.11 Å². The zero-order valence-corrected chi connectivity index (χ0v) is 15.4. The average Bonchev–Trinajstić information content (AvgIpc) is 3.32. The molecule has 0 unspecified atom stereocenters. The largest absolute Gasteiger partial charge is 0.380 e. The van der Waals surface area contributed by atoms with Gasteiger partial charge >= 0.3 is 0 Å². The van der Waals surface area contributed by atoms with Crippen molar-refractivity contribution >= 4 is 0 Å². The lowest BCUT2D eigenvalue weighted by Gasteiger charge is -2.27. The predicted molar refractivity (Wildman–Crippen MR) is 96.2 cm³/mol. The number of aromatic nitrogens is 6. The summed E-state index contributed by atoms with van der Waals surface area (Å²) in [5, 5.41) is 19.3. The van der Waals surface area contributed by atoms with Crippen molar-refractivity contribution in [3.8, 4) is 0 Å². The molecule has 3 aromatic heterocycles. The topological polar surface area (TPSA) is 76.9 Å². The Balaban J connectivity index is 1.50. The van der Waals surface area contributed by atoms with Gasteiger partial charge in [0.1, 0.15) is 11.9 Å². The van der Waals surface area contributed by atoms with Crippen LogP contribution in [-0.4, -0.2) is 45.7 Å². The average molecular weight is 355 g/mol. The molecule has 1 aliphatic rings. The summed E-state index contributed by atoms with van der Waals surface area (Å²) in [6, 6.07) is 4.23. The Kier molecular flexibility index (Phi) is 4.37. The molecular formula is C18H25N7O. The van der Waals surface area contributed by atoms with Crippen LogP contribution in [0.2, 0.25) is 0 Å². The van der Waals surface area contributed by atoms with Gasteiger partial charge < -0.3 is 9.67 Å². The van der Waals surface area contributed by atoms with Gasteiger partial charge in [-0.2, -0.15) is 10.2 Å². The summed E-state index contributed by atoms with van der Waals surface area (Å²) < 4.78 is 5.89. The van der Waals surface area contributed by atoms with Gasteiger partial charge in [0.15, 0.2) is 0 Å². The van der Waals surface area contributed by atoms with E-state index in [2.05, 4.69) is 38.5 Å². The number of aliphatic hydroxyl groups excluding tert-OH is 1. The Labute approximate surface area is 152 Å². The fraction of sp³-hybridized carbons (Fsp3) is 0.500. The van der Waals surface area contributed by atoms with Crippen molar-refractivity contribution in [1.82, 2.24) is 34.0 Å². The molecule has 3 aromatic rings. The fourth-order valence-corrected chi connectivity index (χ4v) is 3.55. The number of hydrogen-bond donors (Lipinski definition) is 1. The molecule has 138 valence electrons. The minimum Gasteiger partial charge on any atom is -0.380 e. The first-order valence-electron chi connectivity index (χ1n) is 8.99. The van der Waals surface area contributed by atoms with Crippen molar-refractivity contribution in [3.63, 3.8) is 0 Å². The number of rotatable bonds is 5. The number of fused-ring (bicyclic) bond motifs is 1. The molecule has 0 saturated carbocycles. The molecule has 0 saturated heterocycles. The number of nitrogens with zero attached hydrogens (tertiary/aromatic N) is 7. The third-order valence-corrected chi connectivity index (χ3v) is 4.99. The SMILES string of the molecule is CC(C)n1ccnc1CN1CCn2nc([C@@H](O)c3ccnn3C)cc2C1. The Morgan fingerprint density at radius 3 is 2.81 bits per heavy atom. The number of imidazole rings is 1. The lowest BCUT2D eigenvalue weighted by molar-refractivity contribution is 0.192. The third-order valence-electron chi connectivity index (χ3n) is 4.99. The fourth-order valence-electron chi connectivity index (χ4n) is 3.55. The molecule has 1 atom stereocenters. The maximum absolute atomic E-state index is 10.6. The van der Waals surface area contributed by atoms with Crippen LogP contribution in [0.5, 0.6) is 0 Å². The van der Waals surface area contributed by atoms with Crippen molar-refractivity contribution in [2.24, 2.45) is 7.05 Å². The van der Waals surface area contributed by atoms with E-state index in [1.807, 2.05) is 36.3 Å². The summed E-state index contributed by atoms with van der Waals surface area (Å²) in [6.07, 6.45) is 4.84. The molecule has 0 fully saturated rings. The minimum atomic E-state index is -0.756. The second-order valence-corrected chi connectivity index (χ2v) is 7.12. The molecule has 8 heteroatoms. The van der Waals surface area contributed by atoms with Crippen LogP contribution in [0.1, 0.15) is 48.9 Å². The van der Waals surface area contributed by atoms with E-state index in [1.165, 1.54) is 0 Å². The molecule has 1 N–H and O–H groups in total. The van der Waals surface area contributed by atoms with Gasteiger partial charge in [0.05, 0.1) is 30.2 Å². The van der Waals surface area contributed by atoms with Crippen LogP contribution in [0.3, 0.4) is 0 Å². The summed E-state index contributed by atoms with van der Waals surface area (Å²) in [4.78, 5) is 6.89. The van der Waals surface area contributed by atoms with Gasteiger partial charge in [-0.1, -0.05) is 0 Å². The summed E-state index contributed by atoms with van der Waals surface area (Å²) >= 11 is 0. The molecule has 1 aliphatic heterocycles. The van der Waals surface area contributed by atoms with Gasteiger partial charge in [0, 0.05) is 44.8 Å². The van der Waals surface area contributed by atoms with Crippen LogP contribution in [0.4, 0.5) is 0 Å². The van der Waals surface area contributed by atoms with Crippen molar-refractivity contribution in [1.29, 1.82) is 0 Å². The highest BCUT2D eigenvalue weighted by atomic mass is 16.3. The molecule has 0 aliphatic carbocycles. The molecule has 26 heavy (non-hydrogen) atoms. The monoisotopic (exact) mass is 355 g/mol. The van der Waals surface area contributed by atoms with Crippen LogP contribution in [0.15, 0.2) is 30.7 Å². The molecule has 4 heterocycles. The van der Waals surface area contributed by atoms with E-state index in [1.54, 1.807) is 10.9 Å². The number of hydrogen-bond acceptors (Lipinski definition) is 5. The smallest absolute Gasteiger partial charge is 0.139 e. The van der Waals surface area contributed by atoms with Crippen molar-refractivity contribution in [2.75, 3.05) is 6.54 Å². The lowest BCUT2D eigenvalue weighted by Crippen LogP contribution is -2.34. The predicted octanol–water partition coefficient (Wildman–Crippen LogP) is 1.49. The molecule has 0 spiro atoms. The summed E-state index contributed by atoms with van der Waals surface area (Å²) in [7, 11) is 1.83. The van der Waals surface area contributed by atoms with Gasteiger partial charge in [-0.15, -0.1) is 0 Å². The van der Waals surface area contributed by atoms with Crippen molar-refractivity contribution in [3.05, 3.63) is 53.6 Å². The Hall–Kier alpha value is -2.45. The highest BCUT2D eigenvalue weighted by Gasteiger charge is 2.24. The number of aliphatic hydroxyl groups is 1. The van der Waals surface area contributed by atoms with Crippen LogP contribution >= 0.6 is 0 Å². The highest BCUT2D eigenvalue weighted by molar-refractivity contribution is 5.22. The van der Waals surface area contributed by atoms with Crippen LogP contribution in [0, 0.1) is 0 Å². The molecular weight excluding hydrogens is 330 g/mol. The molecule has 8 nitrogen and oxygen atoms in total. The van der Waals surface area contributed by atoms with E-state index >= 15 is 0 Å². The van der Waals surface area contributed by atoms with E-state index < -0.39 is 6.10 Å². The first kappa shape index (κ1) is 17.0. The van der Waals surface area contributed by atoms with E-state index in [9.17, 15) is 5.11 Å². The van der Waals surface area contributed by atoms with Crippen LogP contribution < -0.4 is 0 Å². The maximum Gasteiger partial charge on any atom is 0.139 e. The zero-order valence-electron chi connectivity index (χ0n) is 15.4. The zero-order chi connectivity index (χ0) is 18.3. The molecule has 0 aromatic carbocycles. The van der Waals surface area contributed by atoms with Crippen LogP contribution in [-0.2, 0) is 26.7 Å². The van der Waals surface area contributed by atoms with Gasteiger partial charge in [-0.3, -0.25) is 14.3 Å². The third kappa shape index (κ3) is 3.06. The first-order valence-corrected chi connectivity index (χ1v) is 8.99. The van der Waals surface area contributed by atoms with E-state index in [0.29, 0.717) is 11.7 Å². The second kappa shape index (κ2) is 6.69. The molecule has 0 amide bonds. The van der Waals surface area contributed by atoms with Gasteiger partial charge in [0.25, 0.3) is 0 Å². The normalized spacial score (nSPS) is 16.2. The molecule has 0 radical (unpaired) electrons. The Morgan fingerprint density at radius 2 is 2.08 bits per heavy atom. The standard InChI is InChI=1S/C18H25N7O/c1-13(2)24-7-6-19-17(24)12-23-8-9-25-14(11-23)10-15(21-25)18(26)16-4-5-20-22(16)3/h4-7,10,13,18,26H,8-9,11-12H2,1-3H3/t18-/m1/s1. The quantitative estimate of drug-likeness (QED) is 0.750. The van der Waals surface area contributed by atoms with E-state index in [0.717, 1.165) is 43.4 Å². The first-order chi connectivity index (χ1) is 12.5. The lowest BCUT2D eigenvalue weighted by atomic mass is 10.1. The van der Waals surface area contributed by atoms with E-state index in [4.69, 9.17) is 0 Å². The highest BCUT2D eigenvalue weighted by Crippen LogP contribution is 2.24. The summed E-state index contributed by atoms with van der Waals surface area (Å²) in [6.45, 7) is 7.69. The molecule has 0 bridgehead atoms. The van der Waals surface area contributed by atoms with E-state index in [-0.39, 0.29) is 0 Å². The second-order valence-electron chi connectivity index (χ2n) is 7.12. The summed E-state index contributed by atoms with van der Waals surface area (Å²) in [5.41, 5.74) is 2.54. The van der Waals surface area contributed by atoms with Crippen LogP contribution in [0.25, 0.3) is 0 Å². The molecule has 4 rings (SSSR count). The maximum atomic E-state index is 10.6. The Morgan fingerprint density at radius 1 is 1.23 bits per heavy atom. The van der Waals surface area contributed by atoms with Gasteiger partial charge in [0.2, 0.25) is 0 Å². The van der Waals surface area contributed by atoms with Crippen molar-refractivity contribution in [2.45, 2.75) is 45.6 Å². The van der Waals surface area contributed by atoms with Gasteiger partial charge in [-0.05, 0) is 26.0 Å². The summed E-state index contributed by atoms with van der Waals surface area (Å²) in [5.74, 6) is 1.09. The number of aryl methyl sites for hydroxylation is 1. The minimum absolute atomic E-state index is 0.406. The Bertz CT molecular complexity index is 891. The van der Waals surface area contributed by atoms with Gasteiger partial charge in [-0.25, -0.2) is 4.98 Å².